The van der Waals surface area contributed by atoms with Crippen LogP contribution in [0.5, 0.6) is 0 Å². The second-order valence-electron chi connectivity index (χ2n) is 7.02. The van der Waals surface area contributed by atoms with Crippen LogP contribution in [0.3, 0.4) is 0 Å². The predicted octanol–water partition coefficient (Wildman–Crippen LogP) is 5.35. The Bertz CT molecular complexity index is 1030. The first-order chi connectivity index (χ1) is 15.5. The Kier molecular flexibility index (Phi) is 8.72. The number of rotatable bonds is 9. The lowest BCUT2D eigenvalue weighted by Gasteiger charge is -2.23. The van der Waals surface area contributed by atoms with Gasteiger partial charge >= 0.3 is 6.03 Å². The van der Waals surface area contributed by atoms with Crippen molar-refractivity contribution < 1.29 is 9.53 Å². The van der Waals surface area contributed by atoms with E-state index in [1.807, 2.05) is 55.6 Å². The first kappa shape index (κ1) is 23.8. The van der Waals surface area contributed by atoms with Gasteiger partial charge in [0.1, 0.15) is 5.82 Å². The molecule has 1 heterocycles. The summed E-state index contributed by atoms with van der Waals surface area (Å²) >= 11 is 7.88. The van der Waals surface area contributed by atoms with Gasteiger partial charge in [-0.3, -0.25) is 0 Å². The van der Waals surface area contributed by atoms with E-state index in [-0.39, 0.29) is 12.1 Å². The summed E-state index contributed by atoms with van der Waals surface area (Å²) in [5.74, 6) is 0.859. The standard InChI is InChI=1S/C23H26ClN5O2S/c1-16(15-31-2)27-22-25-13-12-21(28-22)29(18-8-10-19(32-3)11-9-18)23(30)26-14-17-6-4-5-7-20(17)24/h4-13,16H,14-15H2,1-3H3,(H,26,30)(H,25,27,28). The number of amides is 2. The lowest BCUT2D eigenvalue weighted by atomic mass is 10.2. The van der Waals surface area contributed by atoms with E-state index >= 15 is 0 Å². The number of methoxy groups -OCH3 is 1. The molecule has 3 rings (SSSR count). The van der Waals surface area contributed by atoms with Crippen LogP contribution in [0.15, 0.2) is 65.7 Å². The topological polar surface area (TPSA) is 79.4 Å². The van der Waals surface area contributed by atoms with Gasteiger partial charge in [-0.05, 0) is 49.1 Å². The Labute approximate surface area is 197 Å². The molecule has 2 amide bonds. The maximum Gasteiger partial charge on any atom is 0.327 e. The van der Waals surface area contributed by atoms with Crippen molar-refractivity contribution in [2.75, 3.05) is 30.2 Å². The first-order valence-electron chi connectivity index (χ1n) is 10.1. The number of benzene rings is 2. The monoisotopic (exact) mass is 471 g/mol. The lowest BCUT2D eigenvalue weighted by molar-refractivity contribution is 0.190. The molecule has 1 aromatic heterocycles. The van der Waals surface area contributed by atoms with E-state index in [1.54, 1.807) is 37.2 Å². The minimum atomic E-state index is -0.323. The van der Waals surface area contributed by atoms with E-state index < -0.39 is 0 Å². The van der Waals surface area contributed by atoms with Crippen LogP contribution in [-0.2, 0) is 11.3 Å². The number of hydrogen-bond donors (Lipinski definition) is 2. The molecule has 0 spiro atoms. The molecule has 0 radical (unpaired) electrons. The average molecular weight is 472 g/mol. The van der Waals surface area contributed by atoms with E-state index in [4.69, 9.17) is 16.3 Å². The number of ether oxygens (including phenoxy) is 1. The molecule has 9 heteroatoms. The minimum absolute atomic E-state index is 0.0126. The maximum absolute atomic E-state index is 13.3. The number of halogens is 1. The molecular weight excluding hydrogens is 446 g/mol. The van der Waals surface area contributed by atoms with Crippen molar-refractivity contribution in [2.24, 2.45) is 0 Å². The molecule has 0 bridgehead atoms. The number of thioether (sulfide) groups is 1. The fraction of sp³-hybridized carbons (Fsp3) is 0.261. The zero-order valence-electron chi connectivity index (χ0n) is 18.2. The fourth-order valence-corrected chi connectivity index (χ4v) is 3.64. The normalized spacial score (nSPS) is 11.6. The third kappa shape index (κ3) is 6.35. The molecule has 3 aromatic rings. The molecule has 168 valence electrons. The third-order valence-corrected chi connectivity index (χ3v) is 5.70. The van der Waals surface area contributed by atoms with Gasteiger partial charge in [0.15, 0.2) is 0 Å². The predicted molar refractivity (Wildman–Crippen MR) is 131 cm³/mol. The van der Waals surface area contributed by atoms with Crippen LogP contribution in [0, 0.1) is 0 Å². The first-order valence-corrected chi connectivity index (χ1v) is 11.7. The van der Waals surface area contributed by atoms with Crippen LogP contribution in [0.25, 0.3) is 0 Å². The second kappa shape index (κ2) is 11.7. The van der Waals surface area contributed by atoms with Gasteiger partial charge in [0.2, 0.25) is 5.95 Å². The van der Waals surface area contributed by atoms with Crippen LogP contribution in [0.1, 0.15) is 12.5 Å². The summed E-state index contributed by atoms with van der Waals surface area (Å²) in [7, 11) is 1.64. The molecular formula is C23H26ClN5O2S. The lowest BCUT2D eigenvalue weighted by Crippen LogP contribution is -2.37. The summed E-state index contributed by atoms with van der Waals surface area (Å²) in [5.41, 5.74) is 1.52. The molecule has 2 aromatic carbocycles. The van der Waals surface area contributed by atoms with Crippen molar-refractivity contribution in [1.82, 2.24) is 15.3 Å². The summed E-state index contributed by atoms with van der Waals surface area (Å²) < 4.78 is 5.16. The van der Waals surface area contributed by atoms with Crippen molar-refractivity contribution in [2.45, 2.75) is 24.4 Å². The molecule has 0 saturated heterocycles. The second-order valence-corrected chi connectivity index (χ2v) is 8.31. The molecule has 7 nitrogen and oxygen atoms in total. The molecule has 0 aliphatic rings. The van der Waals surface area contributed by atoms with Gasteiger partial charge in [0, 0.05) is 41.9 Å². The Balaban J connectivity index is 1.88. The summed E-state index contributed by atoms with van der Waals surface area (Å²) in [4.78, 5) is 24.7. The van der Waals surface area contributed by atoms with Crippen LogP contribution < -0.4 is 15.5 Å². The van der Waals surface area contributed by atoms with Gasteiger partial charge in [0.05, 0.1) is 12.3 Å². The van der Waals surface area contributed by atoms with Crippen molar-refractivity contribution in [3.8, 4) is 0 Å². The number of urea groups is 1. The molecule has 0 aliphatic carbocycles. The largest absolute Gasteiger partial charge is 0.383 e. The highest BCUT2D eigenvalue weighted by molar-refractivity contribution is 7.98. The van der Waals surface area contributed by atoms with E-state index in [9.17, 15) is 4.79 Å². The number of nitrogens with zero attached hydrogens (tertiary/aromatic N) is 3. The SMILES string of the molecule is COCC(C)Nc1nccc(N(C(=O)NCc2ccccc2Cl)c2ccc(SC)cc2)n1. The van der Waals surface area contributed by atoms with Crippen molar-refractivity contribution in [3.63, 3.8) is 0 Å². The van der Waals surface area contributed by atoms with Crippen LogP contribution >= 0.6 is 23.4 Å². The molecule has 0 saturated carbocycles. The highest BCUT2D eigenvalue weighted by atomic mass is 35.5. The highest BCUT2D eigenvalue weighted by Gasteiger charge is 2.20. The highest BCUT2D eigenvalue weighted by Crippen LogP contribution is 2.27. The molecule has 0 aliphatic heterocycles. The van der Waals surface area contributed by atoms with Crippen molar-refractivity contribution in [1.29, 1.82) is 0 Å². The molecule has 2 N–H and O–H groups in total. The summed E-state index contributed by atoms with van der Waals surface area (Å²) in [6.07, 6.45) is 3.63. The Hall–Kier alpha value is -2.81. The molecule has 1 atom stereocenters. The number of carbonyl (C=O) groups excluding carboxylic acids is 1. The quantitative estimate of drug-likeness (QED) is 0.410. The van der Waals surface area contributed by atoms with Gasteiger partial charge in [-0.1, -0.05) is 29.8 Å². The maximum atomic E-state index is 13.3. The van der Waals surface area contributed by atoms with Crippen LogP contribution in [0.2, 0.25) is 5.02 Å². The minimum Gasteiger partial charge on any atom is -0.383 e. The van der Waals surface area contributed by atoms with Crippen LogP contribution in [0.4, 0.5) is 22.2 Å². The van der Waals surface area contributed by atoms with Gasteiger partial charge in [-0.15, -0.1) is 11.8 Å². The smallest absolute Gasteiger partial charge is 0.327 e. The van der Waals surface area contributed by atoms with Gasteiger partial charge in [-0.25, -0.2) is 14.7 Å². The molecule has 32 heavy (non-hydrogen) atoms. The van der Waals surface area contributed by atoms with E-state index in [2.05, 4.69) is 20.6 Å². The van der Waals surface area contributed by atoms with Gasteiger partial charge in [-0.2, -0.15) is 4.98 Å². The zero-order chi connectivity index (χ0) is 22.9. The van der Waals surface area contributed by atoms with E-state index in [1.165, 1.54) is 4.90 Å². The van der Waals surface area contributed by atoms with E-state index in [0.29, 0.717) is 35.6 Å². The Morgan fingerprint density at radius 1 is 1.19 bits per heavy atom. The third-order valence-electron chi connectivity index (χ3n) is 4.58. The Morgan fingerprint density at radius 2 is 1.94 bits per heavy atom. The number of carbonyl (C=O) groups is 1. The number of hydrogen-bond acceptors (Lipinski definition) is 6. The fourth-order valence-electron chi connectivity index (χ4n) is 3.03. The summed E-state index contributed by atoms with van der Waals surface area (Å²) in [6, 6.07) is 16.5. The number of aromatic nitrogens is 2. The average Bonchev–Trinajstić information content (AvgIpc) is 2.79. The zero-order valence-corrected chi connectivity index (χ0v) is 19.8. The Morgan fingerprint density at radius 3 is 2.62 bits per heavy atom. The summed E-state index contributed by atoms with van der Waals surface area (Å²) in [5, 5.41) is 6.73. The molecule has 0 fully saturated rings. The number of nitrogens with one attached hydrogen (secondary N) is 2. The van der Waals surface area contributed by atoms with Gasteiger partial charge < -0.3 is 15.4 Å². The van der Waals surface area contributed by atoms with Gasteiger partial charge in [0.25, 0.3) is 0 Å². The molecule has 1 unspecified atom stereocenters. The van der Waals surface area contributed by atoms with Crippen molar-refractivity contribution in [3.05, 3.63) is 71.4 Å². The number of anilines is 3. The van der Waals surface area contributed by atoms with Crippen molar-refractivity contribution >= 4 is 46.8 Å². The van der Waals surface area contributed by atoms with E-state index in [0.717, 1.165) is 10.5 Å². The summed E-state index contributed by atoms with van der Waals surface area (Å²) in [6.45, 7) is 2.76. The van der Waals surface area contributed by atoms with Crippen LogP contribution in [-0.4, -0.2) is 42.0 Å².